The van der Waals surface area contributed by atoms with Crippen LogP contribution < -0.4 is 5.32 Å². The molecular formula is C20H39NO7S. The number of hydrogen-bond donors (Lipinski definition) is 2. The van der Waals surface area contributed by atoms with Crippen molar-refractivity contribution in [3.8, 4) is 0 Å². The van der Waals surface area contributed by atoms with Gasteiger partial charge in [-0.1, -0.05) is 58.3 Å². The van der Waals surface area contributed by atoms with Gasteiger partial charge in [-0.2, -0.15) is 8.42 Å². The molecule has 1 heterocycles. The highest BCUT2D eigenvalue weighted by atomic mass is 32.2. The lowest BCUT2D eigenvalue weighted by Gasteiger charge is -2.23. The van der Waals surface area contributed by atoms with E-state index >= 15 is 0 Å². The average molecular weight is 438 g/mol. The zero-order valence-electron chi connectivity index (χ0n) is 18.0. The second-order valence-electron chi connectivity index (χ2n) is 7.93. The minimum Gasteiger partial charge on any atom is -0.447 e. The summed E-state index contributed by atoms with van der Waals surface area (Å²) in [6.45, 7) is 4.72. The SMILES string of the molecule is CCCCCCCCCCCC1(C)OCC(COC(=O)NCCCS(=O)(=O)O)O1. The Morgan fingerprint density at radius 2 is 1.72 bits per heavy atom. The van der Waals surface area contributed by atoms with E-state index < -0.39 is 27.8 Å². The van der Waals surface area contributed by atoms with Crippen LogP contribution in [0.1, 0.15) is 84.5 Å². The Morgan fingerprint density at radius 3 is 2.34 bits per heavy atom. The van der Waals surface area contributed by atoms with E-state index in [-0.39, 0.29) is 25.7 Å². The molecule has 2 atom stereocenters. The number of amides is 1. The van der Waals surface area contributed by atoms with Crippen molar-refractivity contribution < 1.29 is 32.0 Å². The molecule has 0 aliphatic carbocycles. The summed E-state index contributed by atoms with van der Waals surface area (Å²) >= 11 is 0. The molecule has 0 bridgehead atoms. The number of carbonyl (C=O) groups is 1. The van der Waals surface area contributed by atoms with Crippen LogP contribution in [0.2, 0.25) is 0 Å². The van der Waals surface area contributed by atoms with Crippen LogP contribution in [0.4, 0.5) is 4.79 Å². The minimum absolute atomic E-state index is 0.0808. The van der Waals surface area contributed by atoms with Crippen LogP contribution in [0.25, 0.3) is 0 Å². The first kappa shape index (κ1) is 26.1. The molecule has 2 N–H and O–H groups in total. The molecule has 1 saturated heterocycles. The molecule has 0 aromatic rings. The molecule has 0 radical (unpaired) electrons. The first-order chi connectivity index (χ1) is 13.7. The predicted molar refractivity (Wildman–Crippen MR) is 111 cm³/mol. The maximum atomic E-state index is 11.6. The summed E-state index contributed by atoms with van der Waals surface area (Å²) in [5.74, 6) is -1.02. The van der Waals surface area contributed by atoms with Crippen molar-refractivity contribution in [3.63, 3.8) is 0 Å². The number of ether oxygens (including phenoxy) is 3. The van der Waals surface area contributed by atoms with Gasteiger partial charge in [-0.3, -0.25) is 4.55 Å². The second-order valence-corrected chi connectivity index (χ2v) is 9.50. The van der Waals surface area contributed by atoms with Crippen molar-refractivity contribution in [2.24, 2.45) is 0 Å². The van der Waals surface area contributed by atoms with Crippen LogP contribution in [0.15, 0.2) is 0 Å². The summed E-state index contributed by atoms with van der Waals surface area (Å²) < 4.78 is 46.6. The Balaban J connectivity index is 2.05. The van der Waals surface area contributed by atoms with Crippen molar-refractivity contribution in [2.45, 2.75) is 96.4 Å². The highest BCUT2D eigenvalue weighted by Gasteiger charge is 2.37. The summed E-state index contributed by atoms with van der Waals surface area (Å²) in [7, 11) is -4.01. The number of nitrogens with one attached hydrogen (secondary N) is 1. The van der Waals surface area contributed by atoms with Gasteiger partial charge in [-0.25, -0.2) is 4.79 Å². The van der Waals surface area contributed by atoms with E-state index in [1.54, 1.807) is 0 Å². The Morgan fingerprint density at radius 1 is 1.10 bits per heavy atom. The molecule has 1 amide bonds. The fourth-order valence-electron chi connectivity index (χ4n) is 3.32. The molecule has 1 aliphatic heterocycles. The molecule has 1 aliphatic rings. The normalized spacial score (nSPS) is 22.0. The number of hydrogen-bond acceptors (Lipinski definition) is 6. The van der Waals surface area contributed by atoms with Gasteiger partial charge in [0.15, 0.2) is 5.79 Å². The first-order valence-corrected chi connectivity index (χ1v) is 12.5. The second kappa shape index (κ2) is 14.2. The fraction of sp³-hybridized carbons (Fsp3) is 0.950. The minimum atomic E-state index is -4.01. The van der Waals surface area contributed by atoms with Crippen LogP contribution in [0.5, 0.6) is 0 Å². The maximum absolute atomic E-state index is 11.6. The van der Waals surface area contributed by atoms with Crippen LogP contribution in [0, 0.1) is 0 Å². The molecule has 1 rings (SSSR count). The van der Waals surface area contributed by atoms with Crippen LogP contribution in [-0.4, -0.2) is 56.5 Å². The molecule has 29 heavy (non-hydrogen) atoms. The Bertz CT molecular complexity index is 555. The molecular weight excluding hydrogens is 398 g/mol. The Kier molecular flexibility index (Phi) is 12.8. The lowest BCUT2D eigenvalue weighted by Crippen LogP contribution is -2.31. The maximum Gasteiger partial charge on any atom is 0.407 e. The fourth-order valence-corrected chi connectivity index (χ4v) is 3.83. The number of rotatable bonds is 16. The largest absolute Gasteiger partial charge is 0.447 e. The summed E-state index contributed by atoms with van der Waals surface area (Å²) in [5, 5.41) is 2.44. The molecule has 0 aromatic carbocycles. The van der Waals surface area contributed by atoms with Crippen molar-refractivity contribution in [3.05, 3.63) is 0 Å². The smallest absolute Gasteiger partial charge is 0.407 e. The van der Waals surface area contributed by atoms with Crippen molar-refractivity contribution in [2.75, 3.05) is 25.5 Å². The molecule has 8 nitrogen and oxygen atoms in total. The highest BCUT2D eigenvalue weighted by molar-refractivity contribution is 7.85. The van der Waals surface area contributed by atoms with E-state index in [0.717, 1.165) is 12.8 Å². The zero-order valence-corrected chi connectivity index (χ0v) is 18.8. The van der Waals surface area contributed by atoms with Crippen molar-refractivity contribution >= 4 is 16.2 Å². The van der Waals surface area contributed by atoms with Gasteiger partial charge in [0.1, 0.15) is 12.7 Å². The topological polar surface area (TPSA) is 111 Å². The van der Waals surface area contributed by atoms with Gasteiger partial charge in [-0.15, -0.1) is 0 Å². The molecule has 0 saturated carbocycles. The third kappa shape index (κ3) is 13.9. The third-order valence-electron chi connectivity index (χ3n) is 4.97. The summed E-state index contributed by atoms with van der Waals surface area (Å²) in [4.78, 5) is 11.6. The average Bonchev–Trinajstić information content (AvgIpc) is 3.03. The molecule has 1 fully saturated rings. The lowest BCUT2D eigenvalue weighted by molar-refractivity contribution is -0.162. The van der Waals surface area contributed by atoms with E-state index in [2.05, 4.69) is 12.2 Å². The number of unbranched alkanes of at least 4 members (excludes halogenated alkanes) is 8. The van der Waals surface area contributed by atoms with E-state index in [4.69, 9.17) is 18.8 Å². The van der Waals surface area contributed by atoms with E-state index in [9.17, 15) is 13.2 Å². The molecule has 0 spiro atoms. The van der Waals surface area contributed by atoms with E-state index in [0.29, 0.717) is 6.61 Å². The van der Waals surface area contributed by atoms with Crippen molar-refractivity contribution in [1.29, 1.82) is 0 Å². The molecule has 2 unspecified atom stereocenters. The summed E-state index contributed by atoms with van der Waals surface area (Å²) in [5.41, 5.74) is 0. The Labute approximate surface area is 175 Å². The third-order valence-corrected chi connectivity index (χ3v) is 5.78. The highest BCUT2D eigenvalue weighted by Crippen LogP contribution is 2.29. The van der Waals surface area contributed by atoms with Gasteiger partial charge in [0.05, 0.1) is 12.4 Å². The van der Waals surface area contributed by atoms with Gasteiger partial charge in [-0.05, 0) is 19.8 Å². The summed E-state index contributed by atoms with van der Waals surface area (Å²) in [6, 6.07) is 0. The quantitative estimate of drug-likeness (QED) is 0.277. The first-order valence-electron chi connectivity index (χ1n) is 10.9. The molecule has 9 heteroatoms. The van der Waals surface area contributed by atoms with Gasteiger partial charge in [0.2, 0.25) is 0 Å². The van der Waals surface area contributed by atoms with Crippen LogP contribution in [-0.2, 0) is 24.3 Å². The standard InChI is InChI=1S/C20H39NO7S/c1-3-4-5-6-7-8-9-10-11-13-20(2)27-17-18(28-20)16-26-19(22)21-14-12-15-29(23,24)25/h18H,3-17H2,1-2H3,(H,21,22)(H,23,24,25). The van der Waals surface area contributed by atoms with Gasteiger partial charge >= 0.3 is 6.09 Å². The number of alkyl carbamates (subject to hydrolysis) is 1. The number of carbonyl (C=O) groups excluding carboxylic acids is 1. The Hall–Kier alpha value is -0.900. The van der Waals surface area contributed by atoms with E-state index in [1.165, 1.54) is 51.4 Å². The molecule has 0 aromatic heterocycles. The lowest BCUT2D eigenvalue weighted by atomic mass is 10.0. The zero-order chi connectivity index (χ0) is 21.6. The molecule has 172 valence electrons. The van der Waals surface area contributed by atoms with Crippen molar-refractivity contribution in [1.82, 2.24) is 5.32 Å². The van der Waals surface area contributed by atoms with Crippen LogP contribution in [0.3, 0.4) is 0 Å². The van der Waals surface area contributed by atoms with E-state index in [1.807, 2.05) is 6.92 Å². The van der Waals surface area contributed by atoms with Crippen LogP contribution >= 0.6 is 0 Å². The monoisotopic (exact) mass is 437 g/mol. The van der Waals surface area contributed by atoms with Gasteiger partial charge in [0, 0.05) is 13.0 Å². The van der Waals surface area contributed by atoms with Gasteiger partial charge in [0.25, 0.3) is 10.1 Å². The van der Waals surface area contributed by atoms with Gasteiger partial charge < -0.3 is 19.5 Å². The summed E-state index contributed by atoms with van der Waals surface area (Å²) in [6.07, 6.45) is 11.4. The predicted octanol–water partition coefficient (Wildman–Crippen LogP) is 4.04.